The van der Waals surface area contributed by atoms with Gasteiger partial charge in [0.1, 0.15) is 5.82 Å². The van der Waals surface area contributed by atoms with Crippen LogP contribution in [0.4, 0.5) is 34.9 Å². The van der Waals surface area contributed by atoms with Crippen molar-refractivity contribution >= 4 is 23.2 Å². The Morgan fingerprint density at radius 1 is 0.889 bits per heavy atom. The molecule has 1 heterocycles. The molecule has 138 valence electrons. The summed E-state index contributed by atoms with van der Waals surface area (Å²) in [4.78, 5) is 12.1. The van der Waals surface area contributed by atoms with Crippen LogP contribution in [0.3, 0.4) is 0 Å². The molecule has 0 aliphatic carbocycles. The number of benzene rings is 2. The molecule has 3 rings (SSSR count). The number of rotatable bonds is 4. The molecule has 0 unspecified atom stereocenters. The number of amides is 1. The number of hydrogen-bond acceptors (Lipinski definition) is 4. The fourth-order valence-electron chi connectivity index (χ4n) is 2.18. The van der Waals surface area contributed by atoms with E-state index < -0.39 is 23.5 Å². The van der Waals surface area contributed by atoms with Gasteiger partial charge in [0, 0.05) is 11.3 Å². The van der Waals surface area contributed by atoms with Crippen LogP contribution in [-0.2, 0) is 6.18 Å². The summed E-state index contributed by atoms with van der Waals surface area (Å²) in [5, 5.41) is 12.9. The number of aromatic nitrogens is 2. The summed E-state index contributed by atoms with van der Waals surface area (Å²) in [6, 6.07) is 12.5. The van der Waals surface area contributed by atoms with E-state index in [0.29, 0.717) is 11.5 Å². The second-order valence-electron chi connectivity index (χ2n) is 5.47. The smallest absolute Gasteiger partial charge is 0.339 e. The Kier molecular flexibility index (Phi) is 5.02. The van der Waals surface area contributed by atoms with Crippen LogP contribution in [0.2, 0.25) is 0 Å². The van der Waals surface area contributed by atoms with Gasteiger partial charge in [0.05, 0.1) is 5.56 Å². The summed E-state index contributed by atoms with van der Waals surface area (Å²) in [7, 11) is 0. The minimum absolute atomic E-state index is 0.0479. The van der Waals surface area contributed by atoms with Crippen molar-refractivity contribution < 1.29 is 22.4 Å². The van der Waals surface area contributed by atoms with E-state index in [1.54, 1.807) is 6.07 Å². The molecule has 1 aromatic heterocycles. The molecular formula is C18H12F4N4O. The summed E-state index contributed by atoms with van der Waals surface area (Å²) < 4.78 is 50.8. The number of carbonyl (C=O) groups excluding carboxylic acids is 1. The minimum atomic E-state index is -4.47. The van der Waals surface area contributed by atoms with Crippen molar-refractivity contribution in [2.45, 2.75) is 6.18 Å². The van der Waals surface area contributed by atoms with E-state index in [0.717, 1.165) is 24.3 Å². The first-order valence-electron chi connectivity index (χ1n) is 7.66. The molecule has 2 N–H and O–H groups in total. The summed E-state index contributed by atoms with van der Waals surface area (Å²) in [5.41, 5.74) is -0.316. The predicted molar refractivity (Wildman–Crippen MR) is 91.1 cm³/mol. The van der Waals surface area contributed by atoms with Gasteiger partial charge in [0.2, 0.25) is 0 Å². The van der Waals surface area contributed by atoms with Crippen LogP contribution < -0.4 is 10.6 Å². The maximum absolute atomic E-state index is 13.1. The van der Waals surface area contributed by atoms with E-state index in [2.05, 4.69) is 20.8 Å². The zero-order valence-electron chi connectivity index (χ0n) is 13.6. The first kappa shape index (κ1) is 18.3. The minimum Gasteiger partial charge on any atom is -0.339 e. The third-order valence-corrected chi connectivity index (χ3v) is 3.48. The number of nitrogens with zero attached hydrogens (tertiary/aromatic N) is 2. The van der Waals surface area contributed by atoms with Gasteiger partial charge < -0.3 is 10.6 Å². The summed E-state index contributed by atoms with van der Waals surface area (Å²) in [5.74, 6) is -0.588. The molecule has 0 atom stereocenters. The van der Waals surface area contributed by atoms with Gasteiger partial charge in [0.25, 0.3) is 5.91 Å². The lowest BCUT2D eigenvalue weighted by molar-refractivity contribution is -0.137. The molecule has 0 saturated heterocycles. The van der Waals surface area contributed by atoms with Crippen LogP contribution in [0, 0.1) is 5.82 Å². The topological polar surface area (TPSA) is 66.9 Å². The van der Waals surface area contributed by atoms with E-state index in [-0.39, 0.29) is 11.4 Å². The average Bonchev–Trinajstić information content (AvgIpc) is 2.63. The van der Waals surface area contributed by atoms with Crippen molar-refractivity contribution in [3.8, 4) is 0 Å². The van der Waals surface area contributed by atoms with Crippen LogP contribution in [0.5, 0.6) is 0 Å². The fourth-order valence-corrected chi connectivity index (χ4v) is 2.18. The van der Waals surface area contributed by atoms with Crippen molar-refractivity contribution in [3.63, 3.8) is 0 Å². The molecule has 0 spiro atoms. The highest BCUT2D eigenvalue weighted by atomic mass is 19.4. The van der Waals surface area contributed by atoms with Gasteiger partial charge in [-0.25, -0.2) is 4.39 Å². The molecule has 3 aromatic rings. The van der Waals surface area contributed by atoms with Crippen molar-refractivity contribution in [2.75, 3.05) is 10.6 Å². The van der Waals surface area contributed by atoms with E-state index in [4.69, 9.17) is 0 Å². The van der Waals surface area contributed by atoms with Gasteiger partial charge in [-0.05, 0) is 54.6 Å². The quantitative estimate of drug-likeness (QED) is 0.652. The van der Waals surface area contributed by atoms with Crippen LogP contribution >= 0.6 is 0 Å². The number of nitrogens with one attached hydrogen (secondary N) is 2. The second-order valence-corrected chi connectivity index (χ2v) is 5.47. The highest BCUT2D eigenvalue weighted by Gasteiger charge is 2.30. The Hall–Kier alpha value is -3.49. The zero-order chi connectivity index (χ0) is 19.4. The molecule has 1 amide bonds. The maximum Gasteiger partial charge on any atom is 0.416 e. The summed E-state index contributed by atoms with van der Waals surface area (Å²) in [6.45, 7) is 0. The monoisotopic (exact) mass is 376 g/mol. The van der Waals surface area contributed by atoms with Gasteiger partial charge in [-0.3, -0.25) is 4.79 Å². The SMILES string of the molecule is O=C(Nc1ccc(Nc2cccc(F)c2)nn1)c1ccc(C(F)(F)F)cc1. The number of anilines is 3. The van der Waals surface area contributed by atoms with Gasteiger partial charge in [-0.1, -0.05) is 6.07 Å². The Bertz CT molecular complexity index is 941. The predicted octanol–water partition coefficient (Wildman–Crippen LogP) is 4.63. The number of alkyl halides is 3. The lowest BCUT2D eigenvalue weighted by atomic mass is 10.1. The van der Waals surface area contributed by atoms with Gasteiger partial charge in [-0.2, -0.15) is 13.2 Å². The first-order valence-corrected chi connectivity index (χ1v) is 7.66. The van der Waals surface area contributed by atoms with E-state index in [9.17, 15) is 22.4 Å². The van der Waals surface area contributed by atoms with Gasteiger partial charge in [-0.15, -0.1) is 10.2 Å². The Balaban J connectivity index is 1.64. The third-order valence-electron chi connectivity index (χ3n) is 3.48. The summed E-state index contributed by atoms with van der Waals surface area (Å²) >= 11 is 0. The molecule has 2 aromatic carbocycles. The van der Waals surface area contributed by atoms with Gasteiger partial charge >= 0.3 is 6.18 Å². The average molecular weight is 376 g/mol. The number of carbonyl (C=O) groups is 1. The molecule has 5 nitrogen and oxygen atoms in total. The molecule has 0 radical (unpaired) electrons. The highest BCUT2D eigenvalue weighted by Crippen LogP contribution is 2.29. The van der Waals surface area contributed by atoms with Crippen molar-refractivity contribution in [1.29, 1.82) is 0 Å². The lowest BCUT2D eigenvalue weighted by Gasteiger charge is -2.08. The molecule has 0 aliphatic rings. The van der Waals surface area contributed by atoms with Crippen LogP contribution in [-0.4, -0.2) is 16.1 Å². The normalized spacial score (nSPS) is 11.1. The maximum atomic E-state index is 13.1. The number of halogens is 4. The van der Waals surface area contributed by atoms with Crippen LogP contribution in [0.15, 0.2) is 60.7 Å². The first-order chi connectivity index (χ1) is 12.8. The fraction of sp³-hybridized carbons (Fsp3) is 0.0556. The molecule has 0 bridgehead atoms. The Morgan fingerprint density at radius 3 is 2.15 bits per heavy atom. The standard InChI is InChI=1S/C18H12F4N4O/c19-13-2-1-3-14(10-13)23-15-8-9-16(26-25-15)24-17(27)11-4-6-12(7-5-11)18(20,21)22/h1-10H,(H,23,25)(H,24,26,27). The van der Waals surface area contributed by atoms with Crippen LogP contribution in [0.25, 0.3) is 0 Å². The Labute approximate surface area is 151 Å². The molecular weight excluding hydrogens is 364 g/mol. The third kappa shape index (κ3) is 4.78. The Morgan fingerprint density at radius 2 is 1.56 bits per heavy atom. The van der Waals surface area contributed by atoms with Crippen LogP contribution in [0.1, 0.15) is 15.9 Å². The molecule has 9 heteroatoms. The lowest BCUT2D eigenvalue weighted by Crippen LogP contribution is -2.14. The molecule has 0 fully saturated rings. The molecule has 0 saturated carbocycles. The van der Waals surface area contributed by atoms with E-state index >= 15 is 0 Å². The van der Waals surface area contributed by atoms with Crippen molar-refractivity contribution in [3.05, 3.63) is 77.6 Å². The molecule has 0 aliphatic heterocycles. The van der Waals surface area contributed by atoms with Gasteiger partial charge in [0.15, 0.2) is 11.6 Å². The number of hydrogen-bond donors (Lipinski definition) is 2. The van der Waals surface area contributed by atoms with Crippen molar-refractivity contribution in [2.24, 2.45) is 0 Å². The second kappa shape index (κ2) is 7.40. The van der Waals surface area contributed by atoms with E-state index in [1.165, 1.54) is 30.3 Å². The summed E-state index contributed by atoms with van der Waals surface area (Å²) in [6.07, 6.45) is -4.47. The highest BCUT2D eigenvalue weighted by molar-refractivity contribution is 6.03. The zero-order valence-corrected chi connectivity index (χ0v) is 13.6. The van der Waals surface area contributed by atoms with E-state index in [1.807, 2.05) is 0 Å². The largest absolute Gasteiger partial charge is 0.416 e. The van der Waals surface area contributed by atoms with Crippen molar-refractivity contribution in [1.82, 2.24) is 10.2 Å². The molecule has 27 heavy (non-hydrogen) atoms.